The van der Waals surface area contributed by atoms with Crippen molar-refractivity contribution in [2.45, 2.75) is 6.42 Å². The van der Waals surface area contributed by atoms with E-state index in [2.05, 4.69) is 0 Å². The summed E-state index contributed by atoms with van der Waals surface area (Å²) in [7, 11) is 1.66. The number of nitrogens with two attached hydrogens (primary N) is 1. The lowest BCUT2D eigenvalue weighted by molar-refractivity contribution is 0.0761. The van der Waals surface area contributed by atoms with Crippen LogP contribution in [0.2, 0.25) is 0 Å². The zero-order chi connectivity index (χ0) is 15.9. The summed E-state index contributed by atoms with van der Waals surface area (Å²) in [5.74, 6) is -0.154. The van der Waals surface area contributed by atoms with Crippen molar-refractivity contribution < 1.29 is 4.79 Å². The molecule has 0 spiro atoms. The first kappa shape index (κ1) is 18.9. The van der Waals surface area contributed by atoms with E-state index < -0.39 is 0 Å². The van der Waals surface area contributed by atoms with E-state index in [1.54, 1.807) is 24.2 Å². The van der Waals surface area contributed by atoms with Crippen LogP contribution in [0.5, 0.6) is 0 Å². The van der Waals surface area contributed by atoms with Crippen LogP contribution in [0.4, 0.5) is 0 Å². The van der Waals surface area contributed by atoms with Crippen molar-refractivity contribution in [3.05, 3.63) is 70.1 Å². The number of carbonyl (C=O) groups is 1. The van der Waals surface area contributed by atoms with E-state index in [0.29, 0.717) is 25.2 Å². The van der Waals surface area contributed by atoms with Crippen LogP contribution in [-0.4, -0.2) is 35.0 Å². The molecular formula is C17H22ClN3O2. The zero-order valence-corrected chi connectivity index (χ0v) is 14.0. The predicted molar refractivity (Wildman–Crippen MR) is 94.0 cm³/mol. The van der Waals surface area contributed by atoms with Gasteiger partial charge < -0.3 is 15.2 Å². The van der Waals surface area contributed by atoms with Crippen LogP contribution < -0.4 is 11.3 Å². The minimum absolute atomic E-state index is 0. The van der Waals surface area contributed by atoms with E-state index in [1.807, 2.05) is 30.3 Å². The van der Waals surface area contributed by atoms with Gasteiger partial charge in [-0.2, -0.15) is 0 Å². The maximum absolute atomic E-state index is 12.5. The molecule has 0 aliphatic rings. The number of carbonyl (C=O) groups excluding carboxylic acids is 1. The minimum Gasteiger partial charge on any atom is -0.337 e. The van der Waals surface area contributed by atoms with Crippen molar-refractivity contribution >= 4 is 18.3 Å². The fourth-order valence-corrected chi connectivity index (χ4v) is 2.24. The third-order valence-electron chi connectivity index (χ3n) is 3.55. The number of halogens is 1. The molecule has 0 bridgehead atoms. The Morgan fingerprint density at radius 2 is 1.87 bits per heavy atom. The fraction of sp³-hybridized carbons (Fsp3) is 0.294. The molecule has 0 aliphatic carbocycles. The standard InChI is InChI=1S/C17H21N3O2.ClH/c1-19-10-8-15(13-16(19)21)17(22)20(12-9-18)11-7-14-5-3-2-4-6-14;/h2-6,8,10,13H,7,9,11-12,18H2,1H3;1H. The van der Waals surface area contributed by atoms with Crippen LogP contribution in [-0.2, 0) is 13.5 Å². The molecule has 23 heavy (non-hydrogen) atoms. The van der Waals surface area contributed by atoms with Gasteiger partial charge in [0.15, 0.2) is 0 Å². The van der Waals surface area contributed by atoms with Gasteiger partial charge in [-0.3, -0.25) is 9.59 Å². The third kappa shape index (κ3) is 5.23. The van der Waals surface area contributed by atoms with Crippen molar-refractivity contribution in [3.8, 4) is 0 Å². The van der Waals surface area contributed by atoms with Gasteiger partial charge in [0.05, 0.1) is 0 Å². The second kappa shape index (κ2) is 9.12. The SMILES string of the molecule is Cl.Cn1ccc(C(=O)N(CCN)CCc2ccccc2)cc1=O. The molecule has 0 unspecified atom stereocenters. The highest BCUT2D eigenvalue weighted by Crippen LogP contribution is 2.06. The molecule has 2 N–H and O–H groups in total. The molecule has 1 aromatic carbocycles. The highest BCUT2D eigenvalue weighted by molar-refractivity contribution is 5.94. The highest BCUT2D eigenvalue weighted by Gasteiger charge is 2.15. The van der Waals surface area contributed by atoms with E-state index in [1.165, 1.54) is 16.2 Å². The summed E-state index contributed by atoms with van der Waals surface area (Å²) in [6, 6.07) is 13.0. The van der Waals surface area contributed by atoms with Gasteiger partial charge in [-0.25, -0.2) is 0 Å². The third-order valence-corrected chi connectivity index (χ3v) is 3.55. The molecule has 5 nitrogen and oxygen atoms in total. The van der Waals surface area contributed by atoms with Crippen LogP contribution >= 0.6 is 12.4 Å². The number of benzene rings is 1. The molecular weight excluding hydrogens is 314 g/mol. The number of hydrogen-bond acceptors (Lipinski definition) is 3. The minimum atomic E-state index is -0.193. The first-order valence-electron chi connectivity index (χ1n) is 7.32. The predicted octanol–water partition coefficient (Wildman–Crippen LogP) is 1.45. The Labute approximate surface area is 142 Å². The number of hydrogen-bond donors (Lipinski definition) is 1. The Hall–Kier alpha value is -2.11. The van der Waals surface area contributed by atoms with Crippen molar-refractivity contribution in [1.82, 2.24) is 9.47 Å². The Morgan fingerprint density at radius 3 is 2.48 bits per heavy atom. The van der Waals surface area contributed by atoms with Crippen LogP contribution in [0.1, 0.15) is 15.9 Å². The molecule has 2 aromatic rings. The maximum atomic E-state index is 12.5. The first-order valence-corrected chi connectivity index (χ1v) is 7.32. The van der Waals surface area contributed by atoms with Gasteiger partial charge in [-0.05, 0) is 18.1 Å². The van der Waals surface area contributed by atoms with Gasteiger partial charge in [0.2, 0.25) is 0 Å². The van der Waals surface area contributed by atoms with E-state index in [9.17, 15) is 9.59 Å². The zero-order valence-electron chi connectivity index (χ0n) is 13.1. The molecule has 0 atom stereocenters. The van der Waals surface area contributed by atoms with E-state index in [-0.39, 0.29) is 23.9 Å². The molecule has 124 valence electrons. The van der Waals surface area contributed by atoms with Gasteiger partial charge >= 0.3 is 0 Å². The molecule has 6 heteroatoms. The topological polar surface area (TPSA) is 68.3 Å². The number of nitrogens with zero attached hydrogens (tertiary/aromatic N) is 2. The molecule has 1 heterocycles. The average Bonchev–Trinajstić information content (AvgIpc) is 2.54. The Kier molecular flexibility index (Phi) is 7.51. The van der Waals surface area contributed by atoms with Crippen LogP contribution in [0.25, 0.3) is 0 Å². The fourth-order valence-electron chi connectivity index (χ4n) is 2.24. The summed E-state index contributed by atoms with van der Waals surface area (Å²) in [5, 5.41) is 0. The van der Waals surface area contributed by atoms with E-state index >= 15 is 0 Å². The molecule has 0 radical (unpaired) electrons. The first-order chi connectivity index (χ1) is 10.6. The summed E-state index contributed by atoms with van der Waals surface area (Å²) in [6.07, 6.45) is 2.37. The van der Waals surface area contributed by atoms with Crippen LogP contribution in [0.15, 0.2) is 53.5 Å². The van der Waals surface area contributed by atoms with Crippen molar-refractivity contribution in [2.75, 3.05) is 19.6 Å². The number of aromatic nitrogens is 1. The normalized spacial score (nSPS) is 10.0. The number of pyridine rings is 1. The molecule has 1 amide bonds. The molecule has 0 aliphatic heterocycles. The molecule has 0 saturated carbocycles. The Morgan fingerprint density at radius 1 is 1.17 bits per heavy atom. The summed E-state index contributed by atoms with van der Waals surface area (Å²) >= 11 is 0. The van der Waals surface area contributed by atoms with Crippen LogP contribution in [0, 0.1) is 0 Å². The van der Waals surface area contributed by atoms with Crippen molar-refractivity contribution in [2.24, 2.45) is 12.8 Å². The maximum Gasteiger partial charge on any atom is 0.254 e. The second-order valence-corrected chi connectivity index (χ2v) is 5.18. The van der Waals surface area contributed by atoms with Gasteiger partial charge in [0.1, 0.15) is 0 Å². The smallest absolute Gasteiger partial charge is 0.254 e. The number of amides is 1. The average molecular weight is 336 g/mol. The Bertz CT molecular complexity index is 686. The molecule has 2 rings (SSSR count). The van der Waals surface area contributed by atoms with E-state index in [0.717, 1.165) is 6.42 Å². The Balaban J connectivity index is 0.00000264. The lowest BCUT2D eigenvalue weighted by atomic mass is 10.1. The summed E-state index contributed by atoms with van der Waals surface area (Å²) in [5.41, 5.74) is 6.99. The monoisotopic (exact) mass is 335 g/mol. The van der Waals surface area contributed by atoms with Crippen molar-refractivity contribution in [1.29, 1.82) is 0 Å². The lowest BCUT2D eigenvalue weighted by Gasteiger charge is -2.22. The van der Waals surface area contributed by atoms with Crippen molar-refractivity contribution in [3.63, 3.8) is 0 Å². The molecule has 0 saturated heterocycles. The largest absolute Gasteiger partial charge is 0.337 e. The van der Waals surface area contributed by atoms with Gasteiger partial charge in [0.25, 0.3) is 11.5 Å². The second-order valence-electron chi connectivity index (χ2n) is 5.18. The summed E-state index contributed by atoms with van der Waals surface area (Å²) in [4.78, 5) is 25.9. The molecule has 1 aromatic heterocycles. The highest BCUT2D eigenvalue weighted by atomic mass is 35.5. The van der Waals surface area contributed by atoms with Crippen LogP contribution in [0.3, 0.4) is 0 Å². The summed E-state index contributed by atoms with van der Waals surface area (Å²) < 4.78 is 1.44. The summed E-state index contributed by atoms with van der Waals surface area (Å²) in [6.45, 7) is 1.45. The van der Waals surface area contributed by atoms with Gasteiger partial charge in [0, 0.05) is 44.5 Å². The van der Waals surface area contributed by atoms with Gasteiger partial charge in [-0.15, -0.1) is 12.4 Å². The van der Waals surface area contributed by atoms with E-state index in [4.69, 9.17) is 5.73 Å². The quantitative estimate of drug-likeness (QED) is 0.868. The van der Waals surface area contributed by atoms with Gasteiger partial charge in [-0.1, -0.05) is 30.3 Å². The number of rotatable bonds is 6. The lowest BCUT2D eigenvalue weighted by Crippen LogP contribution is -2.37. The number of aryl methyl sites for hydroxylation is 1. The molecule has 0 fully saturated rings.